The van der Waals surface area contributed by atoms with Crippen LogP contribution < -0.4 is 10.2 Å². The Balaban J connectivity index is 1.28. The van der Waals surface area contributed by atoms with Crippen LogP contribution in [0.25, 0.3) is 5.69 Å². The molecule has 1 unspecified atom stereocenters. The van der Waals surface area contributed by atoms with E-state index < -0.39 is 11.6 Å². The van der Waals surface area contributed by atoms with Crippen molar-refractivity contribution in [1.29, 1.82) is 5.41 Å². The number of rotatable bonds is 12. The largest absolute Gasteiger partial charge is 0.482 e. The first kappa shape index (κ1) is 28.9. The minimum absolute atomic E-state index is 0.00124. The van der Waals surface area contributed by atoms with Gasteiger partial charge in [0.25, 0.3) is 0 Å². The van der Waals surface area contributed by atoms with Gasteiger partial charge in [-0.1, -0.05) is 30.3 Å². The third-order valence-electron chi connectivity index (χ3n) is 7.05. The number of aromatic nitrogens is 4. The first-order valence-electron chi connectivity index (χ1n) is 14.0. The predicted molar refractivity (Wildman–Crippen MR) is 156 cm³/mol. The molecular formula is C29H34F2N8OS. The molecule has 1 saturated heterocycles. The fourth-order valence-electron chi connectivity index (χ4n) is 4.91. The van der Waals surface area contributed by atoms with Crippen LogP contribution in [0.4, 0.5) is 8.78 Å². The number of ether oxygens (including phenoxy) is 1. The molecule has 1 aliphatic heterocycles. The molecule has 0 spiro atoms. The topological polar surface area (TPSA) is 104 Å². The first-order valence-corrected chi connectivity index (χ1v) is 14.8. The lowest BCUT2D eigenvalue weighted by molar-refractivity contribution is 0.229. The van der Waals surface area contributed by atoms with Crippen LogP contribution in [0.15, 0.2) is 59.1 Å². The van der Waals surface area contributed by atoms with Crippen LogP contribution in [-0.2, 0) is 6.61 Å². The quantitative estimate of drug-likeness (QED) is 0.132. The molecule has 0 amide bonds. The van der Waals surface area contributed by atoms with Crippen molar-refractivity contribution in [1.82, 2.24) is 30.1 Å². The van der Waals surface area contributed by atoms with E-state index in [1.165, 1.54) is 19.3 Å². The van der Waals surface area contributed by atoms with Crippen molar-refractivity contribution in [2.45, 2.75) is 55.5 Å². The van der Waals surface area contributed by atoms with Gasteiger partial charge >= 0.3 is 0 Å². The van der Waals surface area contributed by atoms with Crippen molar-refractivity contribution in [2.75, 3.05) is 26.2 Å². The zero-order chi connectivity index (χ0) is 28.4. The lowest BCUT2D eigenvalue weighted by Gasteiger charge is -2.26. The molecule has 0 radical (unpaired) electrons. The second-order valence-electron chi connectivity index (χ2n) is 9.96. The predicted octanol–water partition coefficient (Wildman–Crippen LogP) is 5.15. The van der Waals surface area contributed by atoms with E-state index in [1.807, 2.05) is 16.7 Å². The number of hydrogen-bond acceptors (Lipinski definition) is 9. The number of benzene rings is 1. The Morgan fingerprint density at radius 2 is 2.05 bits per heavy atom. The molecule has 2 aromatic heterocycles. The molecule has 41 heavy (non-hydrogen) atoms. The Hall–Kier alpha value is -3.64. The smallest absolute Gasteiger partial charge is 0.196 e. The Kier molecular flexibility index (Phi) is 10.1. The summed E-state index contributed by atoms with van der Waals surface area (Å²) >= 11 is 1.60. The van der Waals surface area contributed by atoms with Crippen molar-refractivity contribution >= 4 is 23.7 Å². The van der Waals surface area contributed by atoms with Gasteiger partial charge in [0, 0.05) is 42.4 Å². The fraction of sp³-hybridized carbons (Fsp3) is 0.414. The van der Waals surface area contributed by atoms with E-state index >= 15 is 8.78 Å². The summed E-state index contributed by atoms with van der Waals surface area (Å²) in [5.74, 6) is -1.34. The summed E-state index contributed by atoms with van der Waals surface area (Å²) in [6.07, 6.45) is 15.5. The molecule has 1 fully saturated rings. The van der Waals surface area contributed by atoms with E-state index in [0.717, 1.165) is 62.9 Å². The molecule has 3 heterocycles. The van der Waals surface area contributed by atoms with Crippen LogP contribution in [0.5, 0.6) is 5.75 Å². The molecule has 1 aliphatic carbocycles. The van der Waals surface area contributed by atoms with Gasteiger partial charge in [0.2, 0.25) is 0 Å². The second-order valence-corrected chi connectivity index (χ2v) is 11.2. The van der Waals surface area contributed by atoms with E-state index in [0.29, 0.717) is 17.5 Å². The van der Waals surface area contributed by atoms with E-state index in [1.54, 1.807) is 24.2 Å². The number of hydrazone groups is 1. The summed E-state index contributed by atoms with van der Waals surface area (Å²) in [4.78, 5) is 6.55. The third kappa shape index (κ3) is 7.56. The van der Waals surface area contributed by atoms with Crippen LogP contribution in [-0.4, -0.2) is 68.0 Å². The summed E-state index contributed by atoms with van der Waals surface area (Å²) in [6.45, 7) is 3.33. The van der Waals surface area contributed by atoms with Gasteiger partial charge in [-0.05, 0) is 63.4 Å². The molecule has 2 N–H and O–H groups in total. The highest BCUT2D eigenvalue weighted by atomic mass is 32.2. The van der Waals surface area contributed by atoms with E-state index in [4.69, 9.17) is 10.1 Å². The molecule has 2 aliphatic rings. The minimum atomic E-state index is -0.765. The van der Waals surface area contributed by atoms with Crippen molar-refractivity contribution in [3.05, 3.63) is 71.8 Å². The maximum absolute atomic E-state index is 15.1. The number of allylic oxidation sites excluding steroid dienone is 1. The van der Waals surface area contributed by atoms with Gasteiger partial charge in [0.1, 0.15) is 18.1 Å². The van der Waals surface area contributed by atoms with E-state index in [9.17, 15) is 0 Å². The molecule has 0 bridgehead atoms. The highest BCUT2D eigenvalue weighted by Crippen LogP contribution is 2.31. The molecule has 9 nitrogen and oxygen atoms in total. The third-order valence-corrected chi connectivity index (χ3v) is 8.22. The fourth-order valence-corrected chi connectivity index (χ4v) is 6.06. The summed E-state index contributed by atoms with van der Waals surface area (Å²) in [7, 11) is 0. The number of nitrogens with one attached hydrogen (secondary N) is 2. The maximum Gasteiger partial charge on any atom is 0.196 e. The highest BCUT2D eigenvalue weighted by Gasteiger charge is 2.21. The molecule has 3 aromatic rings. The van der Waals surface area contributed by atoms with Crippen LogP contribution in [0.3, 0.4) is 0 Å². The first-order chi connectivity index (χ1) is 20.1. The van der Waals surface area contributed by atoms with Crippen molar-refractivity contribution in [3.63, 3.8) is 0 Å². The van der Waals surface area contributed by atoms with Gasteiger partial charge in [-0.3, -0.25) is 9.55 Å². The molecule has 0 saturated carbocycles. The van der Waals surface area contributed by atoms with Gasteiger partial charge in [-0.15, -0.1) is 10.2 Å². The van der Waals surface area contributed by atoms with Crippen molar-refractivity contribution in [3.8, 4) is 11.4 Å². The number of piperidine rings is 1. The summed E-state index contributed by atoms with van der Waals surface area (Å²) in [5.41, 5.74) is 3.52. The molecule has 216 valence electrons. The second kappa shape index (κ2) is 14.3. The van der Waals surface area contributed by atoms with Crippen LogP contribution in [0, 0.1) is 17.0 Å². The zero-order valence-corrected chi connectivity index (χ0v) is 23.6. The van der Waals surface area contributed by atoms with Gasteiger partial charge in [0.15, 0.2) is 22.5 Å². The SMILES string of the molecule is N=C/C(=N\NCCN1CCCCC1)c1cc(F)c(OCc2nnc(SC3C=CCCC3)n2-c2cccnc2)cc1F. The lowest BCUT2D eigenvalue weighted by atomic mass is 10.1. The van der Waals surface area contributed by atoms with E-state index in [-0.39, 0.29) is 28.9 Å². The average molecular weight is 581 g/mol. The Morgan fingerprint density at radius 3 is 2.80 bits per heavy atom. The summed E-state index contributed by atoms with van der Waals surface area (Å²) in [6, 6.07) is 5.68. The van der Waals surface area contributed by atoms with Crippen LogP contribution in [0.1, 0.15) is 49.9 Å². The molecular weight excluding hydrogens is 546 g/mol. The molecule has 12 heteroatoms. The van der Waals surface area contributed by atoms with Crippen molar-refractivity contribution < 1.29 is 13.5 Å². The number of likely N-dealkylation sites (tertiary alicyclic amines) is 1. The van der Waals surface area contributed by atoms with Crippen LogP contribution >= 0.6 is 11.8 Å². The summed E-state index contributed by atoms with van der Waals surface area (Å²) in [5, 5.41) is 21.4. The Bertz CT molecular complexity index is 1370. The molecule has 1 atom stereocenters. The minimum Gasteiger partial charge on any atom is -0.482 e. The standard InChI is InChI=1S/C29H34F2N8OS/c30-24-17-27(25(31)16-23(24)26(18-32)35-34-12-15-38-13-5-2-6-14-38)40-20-28-36-37-29(41-22-9-3-1-4-10-22)39(28)21-8-7-11-33-19-21/h3,7-9,11,16-19,22,32,34H,1-2,4-6,10,12-15,20H2/b32-18?,35-26+. The number of thioether (sulfide) groups is 1. The van der Waals surface area contributed by atoms with Gasteiger partial charge in [-0.25, -0.2) is 8.78 Å². The van der Waals surface area contributed by atoms with E-state index in [2.05, 4.69) is 42.8 Å². The van der Waals surface area contributed by atoms with Gasteiger partial charge in [-0.2, -0.15) is 5.10 Å². The average Bonchev–Trinajstić information content (AvgIpc) is 3.41. The number of halogens is 2. The normalized spacial score (nSPS) is 17.9. The maximum atomic E-state index is 15.1. The molecule has 5 rings (SSSR count). The number of pyridine rings is 1. The molecule has 1 aromatic carbocycles. The Labute approximate surface area is 242 Å². The summed E-state index contributed by atoms with van der Waals surface area (Å²) < 4.78 is 37.7. The Morgan fingerprint density at radius 1 is 1.17 bits per heavy atom. The zero-order valence-electron chi connectivity index (χ0n) is 22.8. The van der Waals surface area contributed by atoms with Crippen molar-refractivity contribution in [2.24, 2.45) is 5.10 Å². The highest BCUT2D eigenvalue weighted by molar-refractivity contribution is 7.99. The van der Waals surface area contributed by atoms with Gasteiger partial charge in [0.05, 0.1) is 11.9 Å². The monoisotopic (exact) mass is 580 g/mol. The number of hydrogen-bond donors (Lipinski definition) is 2. The van der Waals surface area contributed by atoms with Gasteiger partial charge < -0.3 is 20.5 Å². The van der Waals surface area contributed by atoms with Crippen LogP contribution in [0.2, 0.25) is 0 Å². The lowest BCUT2D eigenvalue weighted by Crippen LogP contribution is -2.35. The number of nitrogens with zero attached hydrogens (tertiary/aromatic N) is 6.